The molecule has 2 rings (SSSR count). The monoisotopic (exact) mass is 296 g/mol. The van der Waals surface area contributed by atoms with Crippen molar-refractivity contribution in [1.29, 1.82) is 0 Å². The second-order valence-electron chi connectivity index (χ2n) is 4.93. The maximum Gasteiger partial charge on any atom is 0.237 e. The Kier molecular flexibility index (Phi) is 4.35. The first-order valence-electron chi connectivity index (χ1n) is 6.41. The van der Waals surface area contributed by atoms with Gasteiger partial charge in [0.05, 0.1) is 4.99 Å². The van der Waals surface area contributed by atoms with E-state index in [1.807, 2.05) is 0 Å². The van der Waals surface area contributed by atoms with Crippen LogP contribution in [-0.2, 0) is 9.53 Å². The third-order valence-electron chi connectivity index (χ3n) is 3.77. The van der Waals surface area contributed by atoms with E-state index in [-0.39, 0.29) is 16.7 Å². The van der Waals surface area contributed by atoms with Gasteiger partial charge in [0.2, 0.25) is 5.91 Å². The molecule has 1 aromatic rings. The van der Waals surface area contributed by atoms with Crippen molar-refractivity contribution in [2.45, 2.75) is 19.8 Å². The van der Waals surface area contributed by atoms with Gasteiger partial charge >= 0.3 is 0 Å². The first kappa shape index (κ1) is 14.9. The van der Waals surface area contributed by atoms with Crippen LogP contribution in [0.1, 0.15) is 18.4 Å². The summed E-state index contributed by atoms with van der Waals surface area (Å²) in [6, 6.07) is 4.56. The number of nitrogens with two attached hydrogens (primary N) is 1. The van der Waals surface area contributed by atoms with E-state index in [0.717, 1.165) is 0 Å². The minimum absolute atomic E-state index is 0.160. The van der Waals surface area contributed by atoms with Crippen LogP contribution in [0.3, 0.4) is 0 Å². The molecule has 1 saturated heterocycles. The van der Waals surface area contributed by atoms with Crippen molar-refractivity contribution < 1.29 is 13.9 Å². The van der Waals surface area contributed by atoms with Gasteiger partial charge in [0.1, 0.15) is 11.2 Å². The number of benzene rings is 1. The number of carbonyl (C=O) groups excluding carboxylic acids is 1. The molecule has 6 heteroatoms. The Morgan fingerprint density at radius 1 is 1.45 bits per heavy atom. The van der Waals surface area contributed by atoms with E-state index in [1.54, 1.807) is 19.1 Å². The molecule has 0 spiro atoms. The van der Waals surface area contributed by atoms with Gasteiger partial charge in [-0.25, -0.2) is 4.39 Å². The molecule has 1 aliphatic heterocycles. The quantitative estimate of drug-likeness (QED) is 0.839. The predicted molar refractivity (Wildman–Crippen MR) is 79.0 cm³/mol. The summed E-state index contributed by atoms with van der Waals surface area (Å²) in [6.45, 7) is 2.49. The van der Waals surface area contributed by atoms with E-state index in [1.165, 1.54) is 6.07 Å². The third-order valence-corrected chi connectivity index (χ3v) is 4.16. The topological polar surface area (TPSA) is 64.4 Å². The highest BCUT2D eigenvalue weighted by molar-refractivity contribution is 7.80. The predicted octanol–water partition coefficient (Wildman–Crippen LogP) is 2.16. The minimum atomic E-state index is -0.910. The molecule has 1 aromatic carbocycles. The average Bonchev–Trinajstić information content (AvgIpc) is 2.44. The first-order valence-corrected chi connectivity index (χ1v) is 6.82. The number of amides is 1. The smallest absolute Gasteiger partial charge is 0.237 e. The number of carbonyl (C=O) groups is 1. The summed E-state index contributed by atoms with van der Waals surface area (Å²) < 4.78 is 18.8. The standard InChI is InChI=1S/C14H17FN2O2S/c1-9-10(15)3-2-4-11(9)17-13(18)14(12(16)20)5-7-19-8-6-14/h2-4H,5-8H2,1H3,(H2,16,20)(H,17,18). The summed E-state index contributed by atoms with van der Waals surface area (Å²) in [5.41, 5.74) is 5.69. The average molecular weight is 296 g/mol. The zero-order valence-corrected chi connectivity index (χ0v) is 12.1. The molecule has 3 N–H and O–H groups in total. The lowest BCUT2D eigenvalue weighted by Gasteiger charge is -2.34. The van der Waals surface area contributed by atoms with Gasteiger partial charge in [-0.05, 0) is 31.9 Å². The SMILES string of the molecule is Cc1c(F)cccc1NC(=O)C1(C(N)=S)CCOCC1. The molecule has 1 amide bonds. The van der Waals surface area contributed by atoms with Gasteiger partial charge in [0, 0.05) is 24.5 Å². The van der Waals surface area contributed by atoms with Crippen LogP contribution in [0.4, 0.5) is 10.1 Å². The van der Waals surface area contributed by atoms with Crippen molar-refractivity contribution >= 4 is 28.8 Å². The second-order valence-corrected chi connectivity index (χ2v) is 5.37. The van der Waals surface area contributed by atoms with Crippen LogP contribution in [0.15, 0.2) is 18.2 Å². The Hall–Kier alpha value is -1.53. The van der Waals surface area contributed by atoms with Gasteiger partial charge in [0.15, 0.2) is 0 Å². The highest BCUT2D eigenvalue weighted by Crippen LogP contribution is 2.33. The lowest BCUT2D eigenvalue weighted by molar-refractivity contribution is -0.126. The first-order chi connectivity index (χ1) is 9.47. The van der Waals surface area contributed by atoms with Crippen LogP contribution in [0.25, 0.3) is 0 Å². The summed E-state index contributed by atoms with van der Waals surface area (Å²) >= 11 is 5.07. The van der Waals surface area contributed by atoms with Gasteiger partial charge in [-0.2, -0.15) is 0 Å². The van der Waals surface area contributed by atoms with Crippen molar-refractivity contribution in [1.82, 2.24) is 0 Å². The van der Waals surface area contributed by atoms with E-state index >= 15 is 0 Å². The van der Waals surface area contributed by atoms with Gasteiger partial charge in [-0.3, -0.25) is 4.79 Å². The third kappa shape index (κ3) is 2.66. The number of anilines is 1. The maximum absolute atomic E-state index is 13.5. The molecule has 0 bridgehead atoms. The van der Waals surface area contributed by atoms with Gasteiger partial charge in [-0.1, -0.05) is 18.3 Å². The number of thiocarbonyl (C=S) groups is 1. The maximum atomic E-state index is 13.5. The zero-order chi connectivity index (χ0) is 14.8. The van der Waals surface area contributed by atoms with Crippen LogP contribution < -0.4 is 11.1 Å². The largest absolute Gasteiger partial charge is 0.392 e. The fourth-order valence-electron chi connectivity index (χ4n) is 2.29. The molecule has 1 heterocycles. The van der Waals surface area contributed by atoms with Crippen molar-refractivity contribution in [2.24, 2.45) is 11.1 Å². The van der Waals surface area contributed by atoms with E-state index in [0.29, 0.717) is 37.3 Å². The summed E-state index contributed by atoms with van der Waals surface area (Å²) in [7, 11) is 0. The molecule has 0 unspecified atom stereocenters. The van der Waals surface area contributed by atoms with E-state index in [2.05, 4.69) is 5.32 Å². The molecule has 20 heavy (non-hydrogen) atoms. The van der Waals surface area contributed by atoms with Crippen molar-refractivity contribution in [3.63, 3.8) is 0 Å². The molecule has 108 valence electrons. The molecule has 4 nitrogen and oxygen atoms in total. The molecule has 0 aliphatic carbocycles. The summed E-state index contributed by atoms with van der Waals surface area (Å²) in [4.78, 5) is 12.7. The Balaban J connectivity index is 2.25. The minimum Gasteiger partial charge on any atom is -0.392 e. The van der Waals surface area contributed by atoms with Crippen LogP contribution in [0.2, 0.25) is 0 Å². The van der Waals surface area contributed by atoms with E-state index < -0.39 is 5.41 Å². The van der Waals surface area contributed by atoms with Gasteiger partial charge < -0.3 is 15.8 Å². The molecule has 0 saturated carbocycles. The number of rotatable bonds is 3. The Morgan fingerprint density at radius 2 is 2.10 bits per heavy atom. The summed E-state index contributed by atoms with van der Waals surface area (Å²) in [6.07, 6.45) is 0.894. The number of nitrogens with one attached hydrogen (secondary N) is 1. The fourth-order valence-corrected chi connectivity index (χ4v) is 2.59. The number of ether oxygens (including phenoxy) is 1. The fraction of sp³-hybridized carbons (Fsp3) is 0.429. The normalized spacial score (nSPS) is 17.5. The Bertz CT molecular complexity index is 542. The molecular weight excluding hydrogens is 279 g/mol. The highest BCUT2D eigenvalue weighted by atomic mass is 32.1. The Labute approximate surface area is 122 Å². The molecular formula is C14H17FN2O2S. The van der Waals surface area contributed by atoms with Crippen molar-refractivity contribution in [3.05, 3.63) is 29.6 Å². The van der Waals surface area contributed by atoms with E-state index in [9.17, 15) is 9.18 Å². The lowest BCUT2D eigenvalue weighted by atomic mass is 9.79. The molecule has 1 aliphatic rings. The van der Waals surface area contributed by atoms with Crippen molar-refractivity contribution in [2.75, 3.05) is 18.5 Å². The lowest BCUT2D eigenvalue weighted by Crippen LogP contribution is -2.49. The molecule has 0 radical (unpaired) electrons. The van der Waals surface area contributed by atoms with Crippen molar-refractivity contribution in [3.8, 4) is 0 Å². The van der Waals surface area contributed by atoms with Crippen LogP contribution >= 0.6 is 12.2 Å². The number of halogens is 1. The molecule has 0 atom stereocenters. The van der Waals surface area contributed by atoms with Crippen LogP contribution in [0, 0.1) is 18.2 Å². The summed E-state index contributed by atoms with van der Waals surface area (Å²) in [5.74, 6) is -0.652. The van der Waals surface area contributed by atoms with E-state index in [4.69, 9.17) is 22.7 Å². The van der Waals surface area contributed by atoms with Crippen LogP contribution in [0.5, 0.6) is 0 Å². The molecule has 0 aromatic heterocycles. The second kappa shape index (κ2) is 5.85. The van der Waals surface area contributed by atoms with Gasteiger partial charge in [-0.15, -0.1) is 0 Å². The van der Waals surface area contributed by atoms with Gasteiger partial charge in [0.25, 0.3) is 0 Å². The zero-order valence-electron chi connectivity index (χ0n) is 11.2. The van der Waals surface area contributed by atoms with Crippen LogP contribution in [-0.4, -0.2) is 24.1 Å². The Morgan fingerprint density at radius 3 is 2.70 bits per heavy atom. The highest BCUT2D eigenvalue weighted by Gasteiger charge is 2.43. The molecule has 1 fully saturated rings. The number of hydrogen-bond donors (Lipinski definition) is 2. The summed E-state index contributed by atoms with van der Waals surface area (Å²) in [5, 5.41) is 2.74. The number of hydrogen-bond acceptors (Lipinski definition) is 3.